The molecule has 0 aromatic heterocycles. The van der Waals surface area contributed by atoms with Gasteiger partial charge in [-0.3, -0.25) is 9.89 Å². The summed E-state index contributed by atoms with van der Waals surface area (Å²) in [5.74, 6) is 1.42. The summed E-state index contributed by atoms with van der Waals surface area (Å²) in [7, 11) is 0. The third-order valence-corrected chi connectivity index (χ3v) is 5.58. The number of nitrogens with one attached hydrogen (secondary N) is 2. The van der Waals surface area contributed by atoms with Crippen LogP contribution in [0.3, 0.4) is 0 Å². The number of halogens is 1. The normalized spacial score (nSPS) is 18.8. The van der Waals surface area contributed by atoms with E-state index in [1.165, 1.54) is 12.8 Å². The molecule has 1 saturated carbocycles. The van der Waals surface area contributed by atoms with Gasteiger partial charge in [-0.15, -0.1) is 0 Å². The zero-order chi connectivity index (χ0) is 21.2. The van der Waals surface area contributed by atoms with Crippen molar-refractivity contribution in [3.05, 3.63) is 29.6 Å². The Balaban J connectivity index is 1.44. The third-order valence-electron chi connectivity index (χ3n) is 5.58. The lowest BCUT2D eigenvalue weighted by Gasteiger charge is -2.26. The second-order valence-corrected chi connectivity index (χ2v) is 8.23. The molecule has 2 fully saturated rings. The first kappa shape index (κ1) is 22.8. The van der Waals surface area contributed by atoms with Crippen LogP contribution in [-0.4, -0.2) is 63.4 Å². The van der Waals surface area contributed by atoms with E-state index < -0.39 is 0 Å². The molecule has 1 aromatic carbocycles. The number of ether oxygens (including phenoxy) is 2. The second-order valence-electron chi connectivity index (χ2n) is 8.23. The number of aliphatic imine (C=N–C) groups is 1. The van der Waals surface area contributed by atoms with E-state index in [0.717, 1.165) is 70.3 Å². The minimum absolute atomic E-state index is 0.0527. The molecule has 3 rings (SSSR count). The fourth-order valence-corrected chi connectivity index (χ4v) is 3.47. The highest BCUT2D eigenvalue weighted by Crippen LogP contribution is 2.30. The SMILES string of the molecule is CCNC(=NCCCCN1CCOCC1)NC(C)c1ccc(OCC2CC2)c(F)c1. The van der Waals surface area contributed by atoms with Gasteiger partial charge in [-0.05, 0) is 69.7 Å². The maximum atomic E-state index is 14.4. The van der Waals surface area contributed by atoms with E-state index >= 15 is 0 Å². The van der Waals surface area contributed by atoms with E-state index in [0.29, 0.717) is 18.3 Å². The minimum Gasteiger partial charge on any atom is -0.490 e. The number of rotatable bonds is 11. The first-order chi connectivity index (χ1) is 14.7. The highest BCUT2D eigenvalue weighted by molar-refractivity contribution is 5.80. The van der Waals surface area contributed by atoms with Crippen LogP contribution in [0, 0.1) is 11.7 Å². The molecule has 1 aliphatic carbocycles. The van der Waals surface area contributed by atoms with Crippen LogP contribution >= 0.6 is 0 Å². The zero-order valence-corrected chi connectivity index (χ0v) is 18.5. The van der Waals surface area contributed by atoms with Crippen molar-refractivity contribution in [1.29, 1.82) is 0 Å². The topological polar surface area (TPSA) is 58.1 Å². The van der Waals surface area contributed by atoms with Gasteiger partial charge in [0.15, 0.2) is 17.5 Å². The van der Waals surface area contributed by atoms with Crippen molar-refractivity contribution >= 4 is 5.96 Å². The Kier molecular flexibility index (Phi) is 9.21. The van der Waals surface area contributed by atoms with Crippen molar-refractivity contribution in [2.24, 2.45) is 10.9 Å². The number of hydrogen-bond acceptors (Lipinski definition) is 4. The molecule has 2 N–H and O–H groups in total. The number of hydrogen-bond donors (Lipinski definition) is 2. The molecule has 1 aliphatic heterocycles. The summed E-state index contributed by atoms with van der Waals surface area (Å²) >= 11 is 0. The Labute approximate surface area is 180 Å². The van der Waals surface area contributed by atoms with Gasteiger partial charge in [0, 0.05) is 26.2 Å². The van der Waals surface area contributed by atoms with Gasteiger partial charge < -0.3 is 20.1 Å². The quantitative estimate of drug-likeness (QED) is 0.327. The van der Waals surface area contributed by atoms with Crippen molar-refractivity contribution < 1.29 is 13.9 Å². The highest BCUT2D eigenvalue weighted by atomic mass is 19.1. The predicted octanol–water partition coefficient (Wildman–Crippen LogP) is 3.34. The molecule has 30 heavy (non-hydrogen) atoms. The molecule has 0 bridgehead atoms. The van der Waals surface area contributed by atoms with Gasteiger partial charge >= 0.3 is 0 Å². The molecule has 1 aromatic rings. The molecule has 1 saturated heterocycles. The molecule has 0 spiro atoms. The van der Waals surface area contributed by atoms with Gasteiger partial charge in [0.05, 0.1) is 25.9 Å². The molecule has 7 heteroatoms. The minimum atomic E-state index is -0.299. The van der Waals surface area contributed by atoms with Gasteiger partial charge in [0.2, 0.25) is 0 Å². The van der Waals surface area contributed by atoms with Crippen LogP contribution in [-0.2, 0) is 4.74 Å². The Morgan fingerprint density at radius 3 is 2.80 bits per heavy atom. The lowest BCUT2D eigenvalue weighted by atomic mass is 10.1. The first-order valence-electron chi connectivity index (χ1n) is 11.4. The summed E-state index contributed by atoms with van der Waals surface area (Å²) in [6.45, 7) is 11.1. The standard InChI is InChI=1S/C23H37FN4O2/c1-3-25-23(26-10-4-5-11-28-12-14-29-15-13-28)27-18(2)20-8-9-22(21(24)16-20)30-17-19-6-7-19/h8-9,16,18-19H,3-7,10-15,17H2,1-2H3,(H2,25,26,27). The van der Waals surface area contributed by atoms with Gasteiger partial charge in [-0.25, -0.2) is 4.39 Å². The van der Waals surface area contributed by atoms with Crippen molar-refractivity contribution in [1.82, 2.24) is 15.5 Å². The highest BCUT2D eigenvalue weighted by Gasteiger charge is 2.22. The molecule has 1 unspecified atom stereocenters. The molecule has 0 amide bonds. The maximum Gasteiger partial charge on any atom is 0.191 e. The number of guanidine groups is 1. The molecule has 1 heterocycles. The monoisotopic (exact) mass is 420 g/mol. The van der Waals surface area contributed by atoms with Crippen LogP contribution in [0.4, 0.5) is 4.39 Å². The van der Waals surface area contributed by atoms with Gasteiger partial charge in [-0.2, -0.15) is 0 Å². The second kappa shape index (κ2) is 12.1. The average molecular weight is 421 g/mol. The van der Waals surface area contributed by atoms with E-state index in [9.17, 15) is 4.39 Å². The van der Waals surface area contributed by atoms with Crippen molar-refractivity contribution in [3.63, 3.8) is 0 Å². The van der Waals surface area contributed by atoms with Crippen molar-refractivity contribution in [2.45, 2.75) is 45.6 Å². The van der Waals surface area contributed by atoms with Crippen LogP contribution in [0.15, 0.2) is 23.2 Å². The van der Waals surface area contributed by atoms with Gasteiger partial charge in [-0.1, -0.05) is 6.07 Å². The van der Waals surface area contributed by atoms with E-state index in [-0.39, 0.29) is 11.9 Å². The van der Waals surface area contributed by atoms with E-state index in [1.54, 1.807) is 12.1 Å². The van der Waals surface area contributed by atoms with Crippen molar-refractivity contribution in [3.8, 4) is 5.75 Å². The van der Waals surface area contributed by atoms with Crippen LogP contribution in [0.1, 0.15) is 51.1 Å². The molecular formula is C23H37FN4O2. The Morgan fingerprint density at radius 1 is 1.30 bits per heavy atom. The largest absolute Gasteiger partial charge is 0.490 e. The summed E-state index contributed by atoms with van der Waals surface area (Å²) in [4.78, 5) is 7.14. The van der Waals surface area contributed by atoms with Crippen LogP contribution in [0.5, 0.6) is 5.75 Å². The number of unbranched alkanes of at least 4 members (excludes halogenated alkanes) is 1. The molecule has 168 valence electrons. The maximum absolute atomic E-state index is 14.4. The Morgan fingerprint density at radius 2 is 2.10 bits per heavy atom. The van der Waals surface area contributed by atoms with Crippen molar-refractivity contribution in [2.75, 3.05) is 52.5 Å². The first-order valence-corrected chi connectivity index (χ1v) is 11.4. The summed E-state index contributed by atoms with van der Waals surface area (Å²) < 4.78 is 25.4. The number of nitrogens with zero attached hydrogens (tertiary/aromatic N) is 2. The fraction of sp³-hybridized carbons (Fsp3) is 0.696. The summed E-state index contributed by atoms with van der Waals surface area (Å²) in [6, 6.07) is 5.17. The fourth-order valence-electron chi connectivity index (χ4n) is 3.47. The van der Waals surface area contributed by atoms with Crippen LogP contribution < -0.4 is 15.4 Å². The molecule has 0 radical (unpaired) electrons. The summed E-state index contributed by atoms with van der Waals surface area (Å²) in [6.07, 6.45) is 4.57. The average Bonchev–Trinajstić information content (AvgIpc) is 3.58. The van der Waals surface area contributed by atoms with Crippen LogP contribution in [0.25, 0.3) is 0 Å². The van der Waals surface area contributed by atoms with Gasteiger partial charge in [0.25, 0.3) is 0 Å². The third kappa shape index (κ3) is 7.76. The zero-order valence-electron chi connectivity index (χ0n) is 18.5. The van der Waals surface area contributed by atoms with Crippen LogP contribution in [0.2, 0.25) is 0 Å². The smallest absolute Gasteiger partial charge is 0.191 e. The molecular weight excluding hydrogens is 383 g/mol. The summed E-state index contributed by atoms with van der Waals surface area (Å²) in [5, 5.41) is 6.67. The van der Waals surface area contributed by atoms with Gasteiger partial charge in [0.1, 0.15) is 0 Å². The summed E-state index contributed by atoms with van der Waals surface area (Å²) in [5.41, 5.74) is 0.879. The Bertz CT molecular complexity index is 675. The number of morpholine rings is 1. The predicted molar refractivity (Wildman–Crippen MR) is 119 cm³/mol. The molecule has 6 nitrogen and oxygen atoms in total. The number of benzene rings is 1. The molecule has 1 atom stereocenters. The van der Waals surface area contributed by atoms with E-state index in [4.69, 9.17) is 14.5 Å². The molecule has 2 aliphatic rings. The van der Waals surface area contributed by atoms with E-state index in [2.05, 4.69) is 15.5 Å². The lowest BCUT2D eigenvalue weighted by molar-refractivity contribution is 0.0373. The lowest BCUT2D eigenvalue weighted by Crippen LogP contribution is -2.39. The Hall–Kier alpha value is -1.86. The van der Waals surface area contributed by atoms with E-state index in [1.807, 2.05) is 19.9 Å².